The molecule has 2 rings (SSSR count). The molecule has 1 saturated heterocycles. The van der Waals surface area contributed by atoms with Gasteiger partial charge in [0.25, 0.3) is 5.91 Å². The maximum Gasteiger partial charge on any atom is 0.254 e. The summed E-state index contributed by atoms with van der Waals surface area (Å²) in [5.74, 6) is -0.361. The number of nitrogens with two attached hydrogens (primary N) is 1. The Kier molecular flexibility index (Phi) is 4.81. The summed E-state index contributed by atoms with van der Waals surface area (Å²) in [6.45, 7) is 2.65. The Balaban J connectivity index is 2.22. The van der Waals surface area contributed by atoms with Gasteiger partial charge in [0.2, 0.25) is 5.91 Å². The van der Waals surface area contributed by atoms with Gasteiger partial charge in [-0.05, 0) is 49.9 Å². The minimum Gasteiger partial charge on any atom is -0.370 e. The monoisotopic (exact) mass is 338 g/mol. The van der Waals surface area contributed by atoms with Crippen LogP contribution in [0.3, 0.4) is 0 Å². The van der Waals surface area contributed by atoms with Crippen LogP contribution in [0.5, 0.6) is 0 Å². The number of carbonyl (C=O) groups is 2. The summed E-state index contributed by atoms with van der Waals surface area (Å²) in [6.07, 6.45) is 3.12. The van der Waals surface area contributed by atoms with Crippen LogP contribution in [0, 0.1) is 6.92 Å². The highest BCUT2D eigenvalue weighted by molar-refractivity contribution is 9.10. The molecule has 1 aromatic rings. The van der Waals surface area contributed by atoms with Gasteiger partial charge in [-0.25, -0.2) is 0 Å². The lowest BCUT2D eigenvalue weighted by atomic mass is 9.97. The number of piperidine rings is 1. The highest BCUT2D eigenvalue weighted by Crippen LogP contribution is 2.23. The van der Waals surface area contributed by atoms with Gasteiger partial charge in [0, 0.05) is 29.0 Å². The number of nitrogens with zero attached hydrogens (tertiary/aromatic N) is 1. The van der Waals surface area contributed by atoms with E-state index < -0.39 is 0 Å². The predicted molar refractivity (Wildman–Crippen MR) is 81.4 cm³/mol. The Morgan fingerprint density at radius 2 is 2.10 bits per heavy atom. The predicted octanol–water partition coefficient (Wildman–Crippen LogP) is 2.63. The summed E-state index contributed by atoms with van der Waals surface area (Å²) in [4.78, 5) is 25.6. The molecule has 20 heavy (non-hydrogen) atoms. The zero-order chi connectivity index (χ0) is 14.7. The minimum absolute atomic E-state index is 0.0136. The molecule has 0 unspecified atom stereocenters. The van der Waals surface area contributed by atoms with Crippen molar-refractivity contribution in [1.82, 2.24) is 4.90 Å². The molecule has 0 aromatic heterocycles. The van der Waals surface area contributed by atoms with Crippen molar-refractivity contribution in [2.24, 2.45) is 5.73 Å². The molecule has 0 saturated carbocycles. The minimum atomic E-state index is -0.347. The van der Waals surface area contributed by atoms with Crippen molar-refractivity contribution in [2.45, 2.75) is 38.6 Å². The van der Waals surface area contributed by atoms with Crippen LogP contribution in [-0.2, 0) is 4.79 Å². The van der Waals surface area contributed by atoms with E-state index in [0.717, 1.165) is 29.3 Å². The number of carbonyl (C=O) groups excluding carboxylic acids is 2. The second-order valence-electron chi connectivity index (χ2n) is 5.34. The summed E-state index contributed by atoms with van der Waals surface area (Å²) < 4.78 is 0.893. The molecule has 1 heterocycles. The van der Waals surface area contributed by atoms with Crippen molar-refractivity contribution >= 4 is 27.7 Å². The van der Waals surface area contributed by atoms with Crippen molar-refractivity contribution in [1.29, 1.82) is 0 Å². The maximum atomic E-state index is 12.6. The van der Waals surface area contributed by atoms with E-state index in [0.29, 0.717) is 12.1 Å². The average molecular weight is 339 g/mol. The van der Waals surface area contributed by atoms with Crippen LogP contribution < -0.4 is 5.73 Å². The van der Waals surface area contributed by atoms with Gasteiger partial charge in [-0.3, -0.25) is 9.59 Å². The number of likely N-dealkylation sites (tertiary alicyclic amines) is 1. The summed E-state index contributed by atoms with van der Waals surface area (Å²) in [6, 6.07) is 5.61. The van der Waals surface area contributed by atoms with Crippen molar-refractivity contribution in [3.8, 4) is 0 Å². The van der Waals surface area contributed by atoms with E-state index in [2.05, 4.69) is 15.9 Å². The Morgan fingerprint density at radius 1 is 1.35 bits per heavy atom. The molecule has 2 N–H and O–H groups in total. The molecule has 1 aliphatic heterocycles. The van der Waals surface area contributed by atoms with Crippen molar-refractivity contribution in [3.63, 3.8) is 0 Å². The fourth-order valence-electron chi connectivity index (χ4n) is 2.74. The molecule has 4 nitrogen and oxygen atoms in total. The number of primary amides is 1. The van der Waals surface area contributed by atoms with E-state index >= 15 is 0 Å². The zero-order valence-corrected chi connectivity index (χ0v) is 13.1. The van der Waals surface area contributed by atoms with Crippen LogP contribution >= 0.6 is 15.9 Å². The number of rotatable bonds is 3. The number of hydrogen-bond donors (Lipinski definition) is 1. The van der Waals surface area contributed by atoms with Crippen molar-refractivity contribution in [3.05, 3.63) is 33.8 Å². The van der Waals surface area contributed by atoms with Crippen molar-refractivity contribution < 1.29 is 9.59 Å². The van der Waals surface area contributed by atoms with E-state index in [1.165, 1.54) is 0 Å². The number of amides is 2. The first-order valence-corrected chi connectivity index (χ1v) is 7.63. The Morgan fingerprint density at radius 3 is 2.75 bits per heavy atom. The zero-order valence-electron chi connectivity index (χ0n) is 11.6. The van der Waals surface area contributed by atoms with Gasteiger partial charge in [-0.1, -0.05) is 15.9 Å². The molecule has 1 fully saturated rings. The molecule has 1 aliphatic rings. The molecule has 0 aliphatic carbocycles. The second kappa shape index (κ2) is 6.39. The molecule has 0 bridgehead atoms. The van der Waals surface area contributed by atoms with Gasteiger partial charge in [-0.15, -0.1) is 0 Å². The number of aryl methyl sites for hydroxylation is 1. The normalized spacial score (nSPS) is 18.9. The lowest BCUT2D eigenvalue weighted by molar-refractivity contribution is -0.119. The van der Waals surface area contributed by atoms with Crippen LogP contribution in [0.15, 0.2) is 22.7 Å². The molecule has 5 heteroatoms. The topological polar surface area (TPSA) is 63.4 Å². The summed E-state index contributed by atoms with van der Waals surface area (Å²) in [5, 5.41) is 0. The summed E-state index contributed by atoms with van der Waals surface area (Å²) >= 11 is 3.42. The van der Waals surface area contributed by atoms with E-state index in [-0.39, 0.29) is 24.3 Å². The number of halogens is 1. The molecular weight excluding hydrogens is 320 g/mol. The average Bonchev–Trinajstić information content (AvgIpc) is 2.36. The Labute approximate surface area is 127 Å². The third-order valence-corrected chi connectivity index (χ3v) is 4.07. The third-order valence-electron chi connectivity index (χ3n) is 3.61. The Bertz CT molecular complexity index is 510. The summed E-state index contributed by atoms with van der Waals surface area (Å²) in [7, 11) is 0. The fourth-order valence-corrected chi connectivity index (χ4v) is 3.35. The molecule has 108 valence electrons. The fraction of sp³-hybridized carbons (Fsp3) is 0.467. The maximum absolute atomic E-state index is 12.6. The van der Waals surface area contributed by atoms with Gasteiger partial charge in [0.1, 0.15) is 0 Å². The lowest BCUT2D eigenvalue weighted by Crippen LogP contribution is -2.45. The highest BCUT2D eigenvalue weighted by Gasteiger charge is 2.28. The van der Waals surface area contributed by atoms with E-state index in [4.69, 9.17) is 5.73 Å². The van der Waals surface area contributed by atoms with Gasteiger partial charge < -0.3 is 10.6 Å². The van der Waals surface area contributed by atoms with Gasteiger partial charge in [0.15, 0.2) is 0 Å². The van der Waals surface area contributed by atoms with Gasteiger partial charge >= 0.3 is 0 Å². The SMILES string of the molecule is Cc1cc(Br)cc(C(=O)N2CCCC[C@@H]2CC(N)=O)c1. The van der Waals surface area contributed by atoms with Crippen LogP contribution in [0.25, 0.3) is 0 Å². The van der Waals surface area contributed by atoms with Gasteiger partial charge in [-0.2, -0.15) is 0 Å². The van der Waals surface area contributed by atoms with Gasteiger partial charge in [0.05, 0.1) is 0 Å². The lowest BCUT2D eigenvalue weighted by Gasteiger charge is -2.35. The van der Waals surface area contributed by atoms with Crippen LogP contribution in [0.2, 0.25) is 0 Å². The Hall–Kier alpha value is -1.36. The number of hydrogen-bond acceptors (Lipinski definition) is 2. The molecular formula is C15H19BrN2O2. The van der Waals surface area contributed by atoms with Crippen LogP contribution in [-0.4, -0.2) is 29.3 Å². The molecule has 1 aromatic carbocycles. The quantitative estimate of drug-likeness (QED) is 0.920. The first-order valence-electron chi connectivity index (χ1n) is 6.84. The molecule has 0 radical (unpaired) electrons. The third kappa shape index (κ3) is 3.60. The van der Waals surface area contributed by atoms with Crippen LogP contribution in [0.4, 0.5) is 0 Å². The molecule has 1 atom stereocenters. The van der Waals surface area contributed by atoms with Crippen LogP contribution in [0.1, 0.15) is 41.6 Å². The van der Waals surface area contributed by atoms with Crippen molar-refractivity contribution in [2.75, 3.05) is 6.54 Å². The van der Waals surface area contributed by atoms with E-state index in [1.807, 2.05) is 25.1 Å². The first kappa shape index (κ1) is 15.0. The second-order valence-corrected chi connectivity index (χ2v) is 6.25. The number of benzene rings is 1. The summed E-state index contributed by atoms with van der Waals surface area (Å²) in [5.41, 5.74) is 6.98. The van der Waals surface area contributed by atoms with E-state index in [1.54, 1.807) is 4.90 Å². The highest BCUT2D eigenvalue weighted by atomic mass is 79.9. The smallest absolute Gasteiger partial charge is 0.254 e. The largest absolute Gasteiger partial charge is 0.370 e. The first-order chi connectivity index (χ1) is 9.47. The van der Waals surface area contributed by atoms with E-state index in [9.17, 15) is 9.59 Å². The molecule has 0 spiro atoms. The standard InChI is InChI=1S/C15H19BrN2O2/c1-10-6-11(8-12(16)7-10)15(20)18-5-3-2-4-13(18)9-14(17)19/h6-8,13H,2-5,9H2,1H3,(H2,17,19)/t13-/m1/s1. The molecule has 2 amide bonds.